The van der Waals surface area contributed by atoms with Gasteiger partial charge in [-0.25, -0.2) is 9.59 Å². The second kappa shape index (κ2) is 8.29. The number of carbonyl (C=O) groups excluding carboxylic acids is 3. The Morgan fingerprint density at radius 2 is 1.62 bits per heavy atom. The molecule has 0 spiro atoms. The number of aryl methyl sites for hydroxylation is 4. The maximum Gasteiger partial charge on any atom is 0.338 e. The van der Waals surface area contributed by atoms with Gasteiger partial charge >= 0.3 is 12.0 Å². The molecule has 0 aliphatic rings. The topological polar surface area (TPSA) is 84.5 Å². The van der Waals surface area contributed by atoms with E-state index < -0.39 is 24.5 Å². The zero-order chi connectivity index (χ0) is 19.3. The minimum atomic E-state index is -0.704. The van der Waals surface area contributed by atoms with E-state index >= 15 is 0 Å². The van der Waals surface area contributed by atoms with E-state index in [4.69, 9.17) is 4.74 Å². The van der Waals surface area contributed by atoms with E-state index in [9.17, 15) is 14.4 Å². The number of esters is 1. The zero-order valence-corrected chi connectivity index (χ0v) is 15.3. The largest absolute Gasteiger partial charge is 0.452 e. The average Bonchev–Trinajstić information content (AvgIpc) is 2.57. The summed E-state index contributed by atoms with van der Waals surface area (Å²) in [6.07, 6.45) is 0. The fraction of sp³-hybridized carbons (Fsp3) is 0.250. The van der Waals surface area contributed by atoms with E-state index in [1.807, 2.05) is 45.9 Å². The molecule has 2 N–H and O–H groups in total. The molecule has 0 heterocycles. The Balaban J connectivity index is 1.85. The van der Waals surface area contributed by atoms with Gasteiger partial charge in [0.05, 0.1) is 5.56 Å². The molecule has 0 aliphatic carbocycles. The number of anilines is 1. The van der Waals surface area contributed by atoms with Crippen LogP contribution in [0.5, 0.6) is 0 Å². The van der Waals surface area contributed by atoms with Crippen LogP contribution in [0.25, 0.3) is 0 Å². The number of carbonyl (C=O) groups is 3. The number of amides is 3. The van der Waals surface area contributed by atoms with Crippen LogP contribution in [-0.4, -0.2) is 24.5 Å². The van der Waals surface area contributed by atoms with Crippen molar-refractivity contribution in [3.05, 3.63) is 64.2 Å². The third-order valence-corrected chi connectivity index (χ3v) is 3.96. The van der Waals surface area contributed by atoms with Crippen LogP contribution in [-0.2, 0) is 9.53 Å². The Bertz CT molecular complexity index is 859. The number of hydrogen-bond donors (Lipinski definition) is 2. The molecule has 0 fully saturated rings. The molecule has 2 rings (SSSR count). The summed E-state index contributed by atoms with van der Waals surface area (Å²) in [6, 6.07) is 10.00. The lowest BCUT2D eigenvalue weighted by atomic mass is 10.1. The monoisotopic (exact) mass is 354 g/mol. The minimum absolute atomic E-state index is 0.362. The van der Waals surface area contributed by atoms with Gasteiger partial charge in [-0.2, -0.15) is 0 Å². The standard InChI is InChI=1S/C20H22N2O4/c1-12-5-8-17(15(4)9-12)21-20(25)22-18(23)11-26-19(24)16-7-6-13(2)14(3)10-16/h5-10H,11H2,1-4H3,(H2,21,22,23,25). The summed E-state index contributed by atoms with van der Waals surface area (Å²) >= 11 is 0. The number of urea groups is 1. The van der Waals surface area contributed by atoms with E-state index in [-0.39, 0.29) is 0 Å². The smallest absolute Gasteiger partial charge is 0.338 e. The van der Waals surface area contributed by atoms with Gasteiger partial charge in [0.15, 0.2) is 6.61 Å². The maximum atomic E-state index is 12.0. The number of ether oxygens (including phenoxy) is 1. The van der Waals surface area contributed by atoms with Gasteiger partial charge in [-0.1, -0.05) is 23.8 Å². The molecule has 136 valence electrons. The van der Waals surface area contributed by atoms with Crippen LogP contribution in [0.1, 0.15) is 32.6 Å². The Labute approximate surface area is 152 Å². The second-order valence-corrected chi connectivity index (χ2v) is 6.20. The molecule has 0 aromatic heterocycles. The molecule has 6 nitrogen and oxygen atoms in total. The first-order valence-electron chi connectivity index (χ1n) is 8.18. The summed E-state index contributed by atoms with van der Waals surface area (Å²) in [5, 5.41) is 4.72. The number of nitrogens with one attached hydrogen (secondary N) is 2. The van der Waals surface area contributed by atoms with Gasteiger partial charge in [0.25, 0.3) is 5.91 Å². The van der Waals surface area contributed by atoms with E-state index in [2.05, 4.69) is 10.6 Å². The van der Waals surface area contributed by atoms with Gasteiger partial charge in [0.2, 0.25) is 0 Å². The highest BCUT2D eigenvalue weighted by Gasteiger charge is 2.13. The summed E-state index contributed by atoms with van der Waals surface area (Å²) in [6.45, 7) is 7.09. The van der Waals surface area contributed by atoms with Crippen molar-refractivity contribution in [3.8, 4) is 0 Å². The number of imide groups is 1. The maximum absolute atomic E-state index is 12.0. The van der Waals surface area contributed by atoms with Gasteiger partial charge in [0, 0.05) is 5.69 Å². The quantitative estimate of drug-likeness (QED) is 0.824. The van der Waals surface area contributed by atoms with Crippen molar-refractivity contribution in [2.24, 2.45) is 0 Å². The van der Waals surface area contributed by atoms with Crippen LogP contribution < -0.4 is 10.6 Å². The Hall–Kier alpha value is -3.15. The lowest BCUT2D eigenvalue weighted by molar-refractivity contribution is -0.123. The Kier molecular flexibility index (Phi) is 6.11. The highest BCUT2D eigenvalue weighted by Crippen LogP contribution is 2.15. The highest BCUT2D eigenvalue weighted by atomic mass is 16.5. The van der Waals surface area contributed by atoms with Crippen molar-refractivity contribution in [2.45, 2.75) is 27.7 Å². The molecule has 0 unspecified atom stereocenters. The molecule has 6 heteroatoms. The predicted molar refractivity (Wildman–Crippen MR) is 99.3 cm³/mol. The summed E-state index contributed by atoms with van der Waals surface area (Å²) in [5.74, 6) is -1.32. The molecule has 3 amide bonds. The van der Waals surface area contributed by atoms with Crippen molar-refractivity contribution in [3.63, 3.8) is 0 Å². The molecule has 0 saturated carbocycles. The average molecular weight is 354 g/mol. The molecule has 0 radical (unpaired) electrons. The molecular weight excluding hydrogens is 332 g/mol. The van der Waals surface area contributed by atoms with E-state index in [1.54, 1.807) is 18.2 Å². The van der Waals surface area contributed by atoms with Crippen molar-refractivity contribution >= 4 is 23.6 Å². The second-order valence-electron chi connectivity index (χ2n) is 6.20. The summed E-state index contributed by atoms with van der Waals surface area (Å²) in [4.78, 5) is 35.6. The SMILES string of the molecule is Cc1ccc(NC(=O)NC(=O)COC(=O)c2ccc(C)c(C)c2)c(C)c1. The fourth-order valence-corrected chi connectivity index (χ4v) is 2.35. The number of rotatable bonds is 4. The molecule has 26 heavy (non-hydrogen) atoms. The van der Waals surface area contributed by atoms with E-state index in [0.29, 0.717) is 11.3 Å². The summed E-state index contributed by atoms with van der Waals surface area (Å²) < 4.78 is 4.94. The van der Waals surface area contributed by atoms with Crippen molar-refractivity contribution in [1.29, 1.82) is 0 Å². The van der Waals surface area contributed by atoms with E-state index in [0.717, 1.165) is 22.3 Å². The van der Waals surface area contributed by atoms with Crippen LogP contribution in [0.15, 0.2) is 36.4 Å². The summed E-state index contributed by atoms with van der Waals surface area (Å²) in [7, 11) is 0. The van der Waals surface area contributed by atoms with Gasteiger partial charge < -0.3 is 10.1 Å². The molecular formula is C20H22N2O4. The van der Waals surface area contributed by atoms with Crippen molar-refractivity contribution in [2.75, 3.05) is 11.9 Å². The van der Waals surface area contributed by atoms with Crippen LogP contribution >= 0.6 is 0 Å². The third kappa shape index (κ3) is 5.17. The molecule has 0 aliphatic heterocycles. The van der Waals surface area contributed by atoms with Gasteiger partial charge in [-0.3, -0.25) is 10.1 Å². The van der Waals surface area contributed by atoms with Crippen LogP contribution in [0, 0.1) is 27.7 Å². The van der Waals surface area contributed by atoms with Crippen molar-refractivity contribution in [1.82, 2.24) is 5.32 Å². The van der Waals surface area contributed by atoms with Gasteiger partial charge in [-0.15, -0.1) is 0 Å². The molecule has 2 aromatic rings. The first kappa shape index (κ1) is 19.2. The summed E-state index contributed by atoms with van der Waals surface area (Å²) in [5.41, 5.74) is 4.93. The van der Waals surface area contributed by atoms with Gasteiger partial charge in [0.1, 0.15) is 0 Å². The molecule has 0 atom stereocenters. The fourth-order valence-electron chi connectivity index (χ4n) is 2.35. The van der Waals surface area contributed by atoms with Crippen LogP contribution in [0.4, 0.5) is 10.5 Å². The van der Waals surface area contributed by atoms with Crippen molar-refractivity contribution < 1.29 is 19.1 Å². The Morgan fingerprint density at radius 1 is 0.885 bits per heavy atom. The normalized spacial score (nSPS) is 10.2. The number of benzene rings is 2. The zero-order valence-electron chi connectivity index (χ0n) is 15.3. The number of hydrogen-bond acceptors (Lipinski definition) is 4. The first-order valence-corrected chi connectivity index (χ1v) is 8.18. The Morgan fingerprint density at radius 3 is 2.27 bits per heavy atom. The molecule has 2 aromatic carbocycles. The predicted octanol–water partition coefficient (Wildman–Crippen LogP) is 3.43. The van der Waals surface area contributed by atoms with Gasteiger partial charge in [-0.05, 0) is 62.6 Å². The minimum Gasteiger partial charge on any atom is -0.452 e. The van der Waals surface area contributed by atoms with Crippen LogP contribution in [0.3, 0.4) is 0 Å². The highest BCUT2D eigenvalue weighted by molar-refractivity contribution is 6.02. The lowest BCUT2D eigenvalue weighted by Crippen LogP contribution is -2.37. The molecule has 0 bridgehead atoms. The first-order chi connectivity index (χ1) is 12.3. The van der Waals surface area contributed by atoms with Crippen LogP contribution in [0.2, 0.25) is 0 Å². The third-order valence-electron chi connectivity index (χ3n) is 3.96. The molecule has 0 saturated heterocycles. The van der Waals surface area contributed by atoms with E-state index in [1.165, 1.54) is 0 Å². The lowest BCUT2D eigenvalue weighted by Gasteiger charge is -2.10.